The van der Waals surface area contributed by atoms with Crippen LogP contribution in [0.5, 0.6) is 5.75 Å². The van der Waals surface area contributed by atoms with E-state index in [2.05, 4.69) is 27.8 Å². The minimum Gasteiger partial charge on any atom is -0.493 e. The number of ether oxygens (including phenoxy) is 2. The Morgan fingerprint density at radius 2 is 1.88 bits per heavy atom. The third-order valence-electron chi connectivity index (χ3n) is 9.14. The Hall–Kier alpha value is -2.69. The summed E-state index contributed by atoms with van der Waals surface area (Å²) in [4.78, 5) is 45.3. The van der Waals surface area contributed by atoms with Gasteiger partial charge in [0.15, 0.2) is 0 Å². The summed E-state index contributed by atoms with van der Waals surface area (Å²) in [6.45, 7) is 5.17. The zero-order valence-electron chi connectivity index (χ0n) is 24.6. The van der Waals surface area contributed by atoms with Crippen LogP contribution in [0.15, 0.2) is 24.3 Å². The van der Waals surface area contributed by atoms with E-state index in [9.17, 15) is 14.4 Å². The number of benzene rings is 1. The van der Waals surface area contributed by atoms with Gasteiger partial charge in [0.2, 0.25) is 17.7 Å². The van der Waals surface area contributed by atoms with Crippen LogP contribution in [0.2, 0.25) is 0 Å². The second-order valence-electron chi connectivity index (χ2n) is 12.1. The second kappa shape index (κ2) is 14.0. The van der Waals surface area contributed by atoms with E-state index >= 15 is 0 Å². The van der Waals surface area contributed by atoms with Crippen LogP contribution in [0.3, 0.4) is 0 Å². The summed E-state index contributed by atoms with van der Waals surface area (Å²) in [7, 11) is 1.72. The normalized spacial score (nSPS) is 27.3. The zero-order valence-corrected chi connectivity index (χ0v) is 24.6. The highest BCUT2D eigenvalue weighted by Crippen LogP contribution is 2.34. The molecule has 3 heterocycles. The molecule has 0 aromatic heterocycles. The lowest BCUT2D eigenvalue weighted by Crippen LogP contribution is -2.66. The molecule has 0 bridgehead atoms. The van der Waals surface area contributed by atoms with Gasteiger partial charge in [-0.2, -0.15) is 0 Å². The molecule has 1 aliphatic carbocycles. The van der Waals surface area contributed by atoms with Crippen LogP contribution in [0.4, 0.5) is 0 Å². The summed E-state index contributed by atoms with van der Waals surface area (Å²) in [5.41, 5.74) is 0.965. The predicted octanol–water partition coefficient (Wildman–Crippen LogP) is 1.99. The maximum absolute atomic E-state index is 14.4. The lowest BCUT2D eigenvalue weighted by atomic mass is 9.83. The molecule has 4 aliphatic rings. The minimum absolute atomic E-state index is 0.0744. The summed E-state index contributed by atoms with van der Waals surface area (Å²) in [6, 6.07) is 6.49. The first kappa shape index (κ1) is 29.8. The van der Waals surface area contributed by atoms with Crippen molar-refractivity contribution in [3.05, 3.63) is 29.8 Å². The lowest BCUT2D eigenvalue weighted by molar-refractivity contribution is -0.149. The van der Waals surface area contributed by atoms with Gasteiger partial charge in [0.25, 0.3) is 0 Å². The molecule has 1 aromatic rings. The second-order valence-corrected chi connectivity index (χ2v) is 12.1. The van der Waals surface area contributed by atoms with Crippen LogP contribution in [0.1, 0.15) is 69.9 Å². The highest BCUT2D eigenvalue weighted by molar-refractivity contribution is 5.93. The van der Waals surface area contributed by atoms with Crippen molar-refractivity contribution in [3.8, 4) is 5.75 Å². The highest BCUT2D eigenvalue weighted by atomic mass is 16.5. The van der Waals surface area contributed by atoms with E-state index in [1.54, 1.807) is 11.9 Å². The number of nitrogens with zero attached hydrogens (tertiary/aromatic N) is 2. The van der Waals surface area contributed by atoms with Gasteiger partial charge in [-0.25, -0.2) is 0 Å². The van der Waals surface area contributed by atoms with Gasteiger partial charge >= 0.3 is 0 Å². The number of likely N-dealkylation sites (N-methyl/N-ethyl adjacent to an activating group) is 1. The molecule has 3 amide bonds. The summed E-state index contributed by atoms with van der Waals surface area (Å²) >= 11 is 0. The molecule has 5 atom stereocenters. The Labute approximate surface area is 243 Å². The smallest absolute Gasteiger partial charge is 0.246 e. The Balaban J connectivity index is 1.39. The van der Waals surface area contributed by atoms with Crippen LogP contribution in [0, 0.1) is 5.92 Å². The minimum atomic E-state index is -0.647. The van der Waals surface area contributed by atoms with Gasteiger partial charge in [-0.15, -0.1) is 0 Å². The number of fused-ring (bicyclic) bond motifs is 2. The van der Waals surface area contributed by atoms with Gasteiger partial charge in [0.1, 0.15) is 17.8 Å². The van der Waals surface area contributed by atoms with E-state index in [0.717, 1.165) is 62.8 Å². The van der Waals surface area contributed by atoms with Gasteiger partial charge in [-0.1, -0.05) is 44.4 Å². The Bertz CT molecular complexity index is 1060. The van der Waals surface area contributed by atoms with Gasteiger partial charge in [-0.3, -0.25) is 19.3 Å². The number of carbonyl (C=O) groups excluding carboxylic acids is 3. The highest BCUT2D eigenvalue weighted by Gasteiger charge is 2.47. The molecule has 0 spiro atoms. The average molecular weight is 570 g/mol. The largest absolute Gasteiger partial charge is 0.493 e. The molecular weight excluding hydrogens is 522 g/mol. The molecule has 10 heteroatoms. The molecule has 3 fully saturated rings. The van der Waals surface area contributed by atoms with E-state index in [4.69, 9.17) is 9.47 Å². The number of hydrogen-bond acceptors (Lipinski definition) is 7. The molecule has 0 radical (unpaired) electrons. The zero-order chi connectivity index (χ0) is 28.8. The molecule has 5 rings (SSSR count). The van der Waals surface area contributed by atoms with Crippen molar-refractivity contribution in [1.82, 2.24) is 25.8 Å². The summed E-state index contributed by atoms with van der Waals surface area (Å²) < 4.78 is 11.9. The fraction of sp³-hybridized carbons (Fsp3) is 0.710. The number of rotatable bonds is 10. The Kier molecular flexibility index (Phi) is 10.2. The van der Waals surface area contributed by atoms with Crippen molar-refractivity contribution in [1.29, 1.82) is 0 Å². The van der Waals surface area contributed by atoms with E-state index < -0.39 is 12.1 Å². The maximum Gasteiger partial charge on any atom is 0.246 e. The molecule has 2 saturated heterocycles. The monoisotopic (exact) mass is 569 g/mol. The fourth-order valence-corrected chi connectivity index (χ4v) is 7.07. The number of nitrogens with one attached hydrogen (secondary N) is 3. The van der Waals surface area contributed by atoms with E-state index in [1.807, 2.05) is 24.3 Å². The number of hydrogen-bond donors (Lipinski definition) is 3. The first-order valence-corrected chi connectivity index (χ1v) is 15.6. The van der Waals surface area contributed by atoms with Gasteiger partial charge in [0.05, 0.1) is 25.3 Å². The Morgan fingerprint density at radius 3 is 2.66 bits per heavy atom. The van der Waals surface area contributed by atoms with Crippen LogP contribution >= 0.6 is 0 Å². The average Bonchev–Trinajstić information content (AvgIpc) is 3.40. The molecule has 1 saturated carbocycles. The number of piperazine rings is 1. The first-order chi connectivity index (χ1) is 20.0. The molecular formula is C31H47N5O5. The molecule has 3 aliphatic heterocycles. The molecule has 41 heavy (non-hydrogen) atoms. The molecule has 3 N–H and O–H groups in total. The predicted molar refractivity (Wildman–Crippen MR) is 155 cm³/mol. The molecule has 1 aromatic carbocycles. The van der Waals surface area contributed by atoms with Gasteiger partial charge in [0, 0.05) is 44.3 Å². The van der Waals surface area contributed by atoms with Crippen molar-refractivity contribution >= 4 is 17.7 Å². The molecule has 226 valence electrons. The Morgan fingerprint density at radius 1 is 1.07 bits per heavy atom. The quantitative estimate of drug-likeness (QED) is 0.395. The SMILES string of the molecule is CCCOC1CC2CN(C(=O)C(NC(=O)CNC)C3CCCCC3)C(C(=O)NC3CCOc4ccccc43)CN2C1. The lowest BCUT2D eigenvalue weighted by Gasteiger charge is -2.45. The van der Waals surface area contributed by atoms with Crippen molar-refractivity contribution in [2.45, 2.75) is 88.6 Å². The van der Waals surface area contributed by atoms with E-state index in [1.165, 1.54) is 0 Å². The van der Waals surface area contributed by atoms with Crippen LogP contribution in [0.25, 0.3) is 0 Å². The number of para-hydroxylation sites is 1. The van der Waals surface area contributed by atoms with Crippen molar-refractivity contribution in [2.75, 3.05) is 46.4 Å². The van der Waals surface area contributed by atoms with Gasteiger partial charge < -0.3 is 30.3 Å². The number of carbonyl (C=O) groups is 3. The topological polar surface area (TPSA) is 112 Å². The van der Waals surface area contributed by atoms with Crippen molar-refractivity contribution in [2.24, 2.45) is 5.92 Å². The molecule has 10 nitrogen and oxygen atoms in total. The van der Waals surface area contributed by atoms with Crippen molar-refractivity contribution in [3.63, 3.8) is 0 Å². The summed E-state index contributed by atoms with van der Waals surface area (Å²) in [5, 5.41) is 9.22. The van der Waals surface area contributed by atoms with Crippen LogP contribution in [-0.2, 0) is 19.1 Å². The third kappa shape index (κ3) is 7.04. The summed E-state index contributed by atoms with van der Waals surface area (Å²) in [5.74, 6) is 0.391. The van der Waals surface area contributed by atoms with E-state index in [-0.39, 0.29) is 48.4 Å². The van der Waals surface area contributed by atoms with Crippen LogP contribution < -0.4 is 20.7 Å². The fourth-order valence-electron chi connectivity index (χ4n) is 7.07. The first-order valence-electron chi connectivity index (χ1n) is 15.6. The molecule has 5 unspecified atom stereocenters. The number of amides is 3. The van der Waals surface area contributed by atoms with E-state index in [0.29, 0.717) is 32.7 Å². The summed E-state index contributed by atoms with van der Waals surface area (Å²) in [6.07, 6.45) is 7.64. The van der Waals surface area contributed by atoms with Gasteiger partial charge in [-0.05, 0) is 44.7 Å². The standard InChI is InChI=1S/C31H47N5O5/c1-3-14-40-23-16-22-18-36(31(39)29(34-28(37)17-32-2)21-9-5-4-6-10-21)26(20-35(22)19-23)30(38)33-25-13-15-41-27-12-8-7-11-24(25)27/h7-8,11-12,21-23,25-26,29,32H,3-6,9-10,13-20H2,1-2H3,(H,33,38)(H,34,37). The van der Waals surface area contributed by atoms with Crippen molar-refractivity contribution < 1.29 is 23.9 Å². The maximum atomic E-state index is 14.4. The van der Waals surface area contributed by atoms with Crippen LogP contribution in [-0.4, -0.2) is 98.2 Å². The third-order valence-corrected chi connectivity index (χ3v) is 9.14.